The van der Waals surface area contributed by atoms with Crippen LogP contribution in [0, 0.1) is 5.82 Å². The molecule has 2 aromatic carbocycles. The molecule has 0 spiro atoms. The number of benzene rings is 2. The zero-order valence-corrected chi connectivity index (χ0v) is 21.8. The quantitative estimate of drug-likeness (QED) is 0.378. The summed E-state index contributed by atoms with van der Waals surface area (Å²) >= 11 is 0.734. The monoisotopic (exact) mass is 539 g/mol. The van der Waals surface area contributed by atoms with Crippen LogP contribution >= 0.6 is 11.5 Å². The van der Waals surface area contributed by atoms with Crippen LogP contribution in [-0.2, 0) is 11.3 Å². The van der Waals surface area contributed by atoms with Gasteiger partial charge in [0.15, 0.2) is 5.69 Å². The first-order chi connectivity index (χ1) is 18.3. The summed E-state index contributed by atoms with van der Waals surface area (Å²) in [5.41, 5.74) is 12.2. The molecule has 1 atom stereocenters. The van der Waals surface area contributed by atoms with Crippen LogP contribution in [0.2, 0.25) is 0 Å². The number of para-hydroxylation sites is 1. The normalized spacial score (nSPS) is 14.5. The molecule has 1 saturated carbocycles. The van der Waals surface area contributed by atoms with Crippen molar-refractivity contribution in [2.24, 2.45) is 5.73 Å². The van der Waals surface area contributed by atoms with Gasteiger partial charge >= 0.3 is 0 Å². The van der Waals surface area contributed by atoms with Gasteiger partial charge in [0.2, 0.25) is 5.91 Å². The Morgan fingerprint density at radius 3 is 2.45 bits per heavy atom. The molecule has 0 radical (unpaired) electrons. The number of rotatable bonds is 9. The van der Waals surface area contributed by atoms with Crippen LogP contribution in [0.25, 0.3) is 0 Å². The van der Waals surface area contributed by atoms with Crippen LogP contribution < -0.4 is 21.5 Å². The molecule has 1 aromatic heterocycles. The van der Waals surface area contributed by atoms with Gasteiger partial charge in [-0.3, -0.25) is 14.4 Å². The van der Waals surface area contributed by atoms with E-state index in [0.717, 1.165) is 43.6 Å². The number of primary amides is 1. The summed E-state index contributed by atoms with van der Waals surface area (Å²) in [6.45, 7) is -0.0355. The Balaban J connectivity index is 1.81. The van der Waals surface area contributed by atoms with E-state index in [4.69, 9.17) is 16.2 Å². The number of ether oxygens (including phenoxy) is 1. The van der Waals surface area contributed by atoms with E-state index >= 15 is 0 Å². The van der Waals surface area contributed by atoms with Crippen molar-refractivity contribution in [2.45, 2.75) is 50.7 Å². The van der Waals surface area contributed by atoms with Gasteiger partial charge in [-0.2, -0.15) is 4.37 Å². The van der Waals surface area contributed by atoms with Gasteiger partial charge in [0, 0.05) is 11.6 Å². The van der Waals surface area contributed by atoms with Crippen LogP contribution in [0.3, 0.4) is 0 Å². The maximum Gasteiger partial charge on any atom is 0.270 e. The van der Waals surface area contributed by atoms with E-state index in [1.54, 1.807) is 24.3 Å². The smallest absolute Gasteiger partial charge is 0.270 e. The predicted molar refractivity (Wildman–Crippen MR) is 142 cm³/mol. The minimum atomic E-state index is -1.13. The number of hydrogen-bond acceptors (Lipinski definition) is 7. The van der Waals surface area contributed by atoms with Gasteiger partial charge < -0.3 is 26.4 Å². The van der Waals surface area contributed by atoms with Crippen LogP contribution in [0.4, 0.5) is 10.1 Å². The largest absolute Gasteiger partial charge is 0.496 e. The molecule has 38 heavy (non-hydrogen) atoms. The first kappa shape index (κ1) is 27.1. The number of hydrogen-bond donors (Lipinski definition) is 3. The molecule has 4 rings (SSSR count). The van der Waals surface area contributed by atoms with Crippen molar-refractivity contribution in [2.75, 3.05) is 12.8 Å². The Bertz CT molecular complexity index is 1310. The predicted octanol–water partition coefficient (Wildman–Crippen LogP) is 3.80. The maximum atomic E-state index is 14.1. The fourth-order valence-electron chi connectivity index (χ4n) is 4.70. The number of nitrogens with zero attached hydrogens (tertiary/aromatic N) is 2. The van der Waals surface area contributed by atoms with Gasteiger partial charge in [-0.1, -0.05) is 49.6 Å². The second kappa shape index (κ2) is 12.0. The van der Waals surface area contributed by atoms with E-state index in [2.05, 4.69) is 9.69 Å². The summed E-state index contributed by atoms with van der Waals surface area (Å²) in [5.74, 6) is -1.83. The third kappa shape index (κ3) is 5.94. The molecule has 0 bridgehead atoms. The second-order valence-electron chi connectivity index (χ2n) is 9.18. The topological polar surface area (TPSA) is 141 Å². The number of aromatic nitrogens is 1. The molecular formula is C27H30FN5O4S. The molecular weight excluding hydrogens is 509 g/mol. The molecule has 5 N–H and O–H groups in total. The molecule has 0 unspecified atom stereocenters. The summed E-state index contributed by atoms with van der Waals surface area (Å²) in [5, 5.41) is 3.10. The molecule has 200 valence electrons. The van der Waals surface area contributed by atoms with Gasteiger partial charge in [0.25, 0.3) is 11.8 Å². The Labute approximate surface area is 224 Å². The number of nitrogen functional groups attached to an aromatic ring is 1. The molecule has 3 amide bonds. The first-order valence-corrected chi connectivity index (χ1v) is 13.1. The Morgan fingerprint density at radius 2 is 1.82 bits per heavy atom. The summed E-state index contributed by atoms with van der Waals surface area (Å²) in [6.07, 6.45) is 4.80. The fraction of sp³-hybridized carbons (Fsp3) is 0.333. The van der Waals surface area contributed by atoms with Crippen molar-refractivity contribution < 1.29 is 23.5 Å². The van der Waals surface area contributed by atoms with Gasteiger partial charge in [-0.15, -0.1) is 0 Å². The number of halogens is 1. The minimum Gasteiger partial charge on any atom is -0.496 e. The molecule has 0 aliphatic heterocycles. The molecule has 1 aliphatic carbocycles. The van der Waals surface area contributed by atoms with Crippen molar-refractivity contribution in [3.8, 4) is 5.75 Å². The summed E-state index contributed by atoms with van der Waals surface area (Å²) < 4.78 is 23.3. The molecule has 1 aliphatic rings. The lowest BCUT2D eigenvalue weighted by atomic mass is 9.94. The number of amides is 3. The van der Waals surface area contributed by atoms with Gasteiger partial charge in [-0.25, -0.2) is 4.39 Å². The van der Waals surface area contributed by atoms with Gasteiger partial charge in [-0.05, 0) is 48.1 Å². The standard InChI is InChI=1S/C27H30FN5O4S/c1-37-20-10-6-5-7-17(20)15-33(27(36)24-21(29)22(25(30)34)32-38-24)23(16-11-13-18(28)14-12-16)26(35)31-19-8-3-2-4-9-19/h5-7,10-14,19,23H,2-4,8-9,15,29H2,1H3,(H2,30,34)(H,31,35)/t23-/m1/s1. The minimum absolute atomic E-state index is 0.0220. The van der Waals surface area contributed by atoms with E-state index in [1.807, 2.05) is 0 Å². The van der Waals surface area contributed by atoms with E-state index < -0.39 is 29.6 Å². The van der Waals surface area contributed by atoms with Crippen molar-refractivity contribution in [3.63, 3.8) is 0 Å². The zero-order valence-electron chi connectivity index (χ0n) is 21.0. The highest BCUT2D eigenvalue weighted by molar-refractivity contribution is 7.09. The van der Waals surface area contributed by atoms with E-state index in [-0.39, 0.29) is 28.8 Å². The highest BCUT2D eigenvalue weighted by Crippen LogP contribution is 2.32. The first-order valence-electron chi connectivity index (χ1n) is 12.3. The molecule has 1 heterocycles. The van der Waals surface area contributed by atoms with Gasteiger partial charge in [0.1, 0.15) is 22.5 Å². The Kier molecular flexibility index (Phi) is 8.57. The molecule has 11 heteroatoms. The van der Waals surface area contributed by atoms with Crippen LogP contribution in [0.5, 0.6) is 5.75 Å². The summed E-state index contributed by atoms with van der Waals surface area (Å²) in [4.78, 5) is 41.0. The third-order valence-electron chi connectivity index (χ3n) is 6.65. The summed E-state index contributed by atoms with van der Waals surface area (Å²) in [7, 11) is 1.51. The number of nitrogens with two attached hydrogens (primary N) is 2. The van der Waals surface area contributed by atoms with Crippen molar-refractivity contribution in [1.29, 1.82) is 0 Å². The third-order valence-corrected chi connectivity index (χ3v) is 7.50. The fourth-order valence-corrected chi connectivity index (χ4v) is 5.46. The number of methoxy groups -OCH3 is 1. The van der Waals surface area contributed by atoms with Crippen molar-refractivity contribution >= 4 is 34.9 Å². The zero-order chi connectivity index (χ0) is 27.2. The maximum absolute atomic E-state index is 14.1. The lowest BCUT2D eigenvalue weighted by Crippen LogP contribution is -2.46. The Morgan fingerprint density at radius 1 is 1.13 bits per heavy atom. The van der Waals surface area contributed by atoms with Crippen LogP contribution in [0.15, 0.2) is 48.5 Å². The van der Waals surface area contributed by atoms with Crippen LogP contribution in [-0.4, -0.2) is 40.1 Å². The lowest BCUT2D eigenvalue weighted by Gasteiger charge is -2.33. The van der Waals surface area contributed by atoms with Crippen molar-refractivity contribution in [3.05, 3.63) is 76.0 Å². The number of nitrogens with one attached hydrogen (secondary N) is 1. The van der Waals surface area contributed by atoms with Crippen LogP contribution in [0.1, 0.15) is 69.4 Å². The van der Waals surface area contributed by atoms with Gasteiger partial charge in [0.05, 0.1) is 19.3 Å². The second-order valence-corrected chi connectivity index (χ2v) is 9.95. The van der Waals surface area contributed by atoms with E-state index in [0.29, 0.717) is 16.9 Å². The number of carbonyl (C=O) groups excluding carboxylic acids is 3. The molecule has 0 saturated heterocycles. The Hall–Kier alpha value is -3.99. The summed E-state index contributed by atoms with van der Waals surface area (Å²) in [6, 6.07) is 11.4. The highest BCUT2D eigenvalue weighted by Gasteiger charge is 2.36. The van der Waals surface area contributed by atoms with E-state index in [9.17, 15) is 18.8 Å². The number of carbonyl (C=O) groups is 3. The van der Waals surface area contributed by atoms with Crippen molar-refractivity contribution in [1.82, 2.24) is 14.6 Å². The lowest BCUT2D eigenvalue weighted by molar-refractivity contribution is -0.127. The molecule has 9 nitrogen and oxygen atoms in total. The highest BCUT2D eigenvalue weighted by atomic mass is 32.1. The van der Waals surface area contributed by atoms with E-state index in [1.165, 1.54) is 36.3 Å². The molecule has 3 aromatic rings. The average molecular weight is 540 g/mol. The SMILES string of the molecule is COc1ccccc1CN(C(=O)c1snc(C(N)=O)c1N)[C@@H](C(=O)NC1CCCCC1)c1ccc(F)cc1. The average Bonchev–Trinajstić information content (AvgIpc) is 3.31. The molecule has 1 fully saturated rings. The number of anilines is 1.